The number of hydrogen-bond donors (Lipinski definition) is 3. The van der Waals surface area contributed by atoms with Gasteiger partial charge in [0.25, 0.3) is 0 Å². The van der Waals surface area contributed by atoms with Gasteiger partial charge < -0.3 is 15.3 Å². The molecule has 2 aromatic carbocycles. The van der Waals surface area contributed by atoms with Crippen molar-refractivity contribution in [3.05, 3.63) is 63.2 Å². The lowest BCUT2D eigenvalue weighted by Gasteiger charge is -2.25. The fourth-order valence-electron chi connectivity index (χ4n) is 3.22. The number of phenols is 2. The van der Waals surface area contributed by atoms with Crippen LogP contribution in [0.2, 0.25) is 5.02 Å². The molecule has 0 aromatic heterocycles. The molecule has 0 aliphatic heterocycles. The highest BCUT2D eigenvalue weighted by atomic mass is 35.5. The molecule has 0 fully saturated rings. The SMILES string of the molecule is CC(C)c1c(C=CC(=O)c2ccc(Cl)cc2O)cc(C(C)(C)C)c(O)c1C(=O)O. The van der Waals surface area contributed by atoms with Crippen molar-refractivity contribution >= 4 is 29.4 Å². The summed E-state index contributed by atoms with van der Waals surface area (Å²) >= 11 is 5.80. The Labute approximate surface area is 175 Å². The van der Waals surface area contributed by atoms with Gasteiger partial charge >= 0.3 is 5.97 Å². The van der Waals surface area contributed by atoms with Gasteiger partial charge in [0.1, 0.15) is 17.1 Å². The lowest BCUT2D eigenvalue weighted by molar-refractivity contribution is 0.0691. The Balaban J connectivity index is 2.67. The molecule has 5 nitrogen and oxygen atoms in total. The fourth-order valence-corrected chi connectivity index (χ4v) is 3.39. The van der Waals surface area contributed by atoms with Crippen molar-refractivity contribution in [1.29, 1.82) is 0 Å². The molecule has 0 bridgehead atoms. The minimum Gasteiger partial charge on any atom is -0.507 e. The number of phenolic OH excluding ortho intramolecular Hbond substituents is 1. The third-order valence-electron chi connectivity index (χ3n) is 4.61. The predicted molar refractivity (Wildman–Crippen MR) is 114 cm³/mol. The fraction of sp³-hybridized carbons (Fsp3) is 0.304. The first-order chi connectivity index (χ1) is 13.3. The molecule has 0 aliphatic carbocycles. The van der Waals surface area contributed by atoms with E-state index in [2.05, 4.69) is 0 Å². The minimum absolute atomic E-state index is 0.0880. The van der Waals surface area contributed by atoms with E-state index in [0.29, 0.717) is 21.7 Å². The summed E-state index contributed by atoms with van der Waals surface area (Å²) in [7, 11) is 0. The first-order valence-electron chi connectivity index (χ1n) is 9.19. The number of aromatic carboxylic acids is 1. The maximum absolute atomic E-state index is 12.5. The van der Waals surface area contributed by atoms with E-state index in [1.54, 1.807) is 6.07 Å². The van der Waals surface area contributed by atoms with Gasteiger partial charge in [-0.1, -0.05) is 52.3 Å². The molecule has 154 valence electrons. The molecule has 0 amide bonds. The van der Waals surface area contributed by atoms with Gasteiger partial charge in [-0.15, -0.1) is 0 Å². The van der Waals surface area contributed by atoms with Gasteiger partial charge in [0.2, 0.25) is 0 Å². The number of halogens is 1. The normalized spacial score (nSPS) is 12.0. The van der Waals surface area contributed by atoms with Crippen LogP contribution in [0.1, 0.15) is 77.9 Å². The lowest BCUT2D eigenvalue weighted by atomic mass is 9.80. The number of rotatable bonds is 5. The number of carbonyl (C=O) groups is 2. The number of benzene rings is 2. The van der Waals surface area contributed by atoms with Crippen LogP contribution in [-0.4, -0.2) is 27.1 Å². The number of ketones is 1. The summed E-state index contributed by atoms with van der Waals surface area (Å²) in [5.74, 6) is -2.37. The summed E-state index contributed by atoms with van der Waals surface area (Å²) in [6.07, 6.45) is 2.80. The number of carboxylic acid groups (broad SMARTS) is 1. The largest absolute Gasteiger partial charge is 0.507 e. The molecule has 0 heterocycles. The summed E-state index contributed by atoms with van der Waals surface area (Å²) in [5.41, 5.74) is 0.860. The van der Waals surface area contributed by atoms with Crippen LogP contribution in [0.4, 0.5) is 0 Å². The Hall–Kier alpha value is -2.79. The second-order valence-electron chi connectivity index (χ2n) is 8.22. The first-order valence-corrected chi connectivity index (χ1v) is 9.57. The van der Waals surface area contributed by atoms with Gasteiger partial charge in [0.15, 0.2) is 5.78 Å². The molecule has 29 heavy (non-hydrogen) atoms. The van der Waals surface area contributed by atoms with Gasteiger partial charge in [-0.25, -0.2) is 4.79 Å². The molecule has 0 atom stereocenters. The molecule has 6 heteroatoms. The van der Waals surface area contributed by atoms with Crippen LogP contribution in [0.25, 0.3) is 6.08 Å². The Morgan fingerprint density at radius 2 is 1.72 bits per heavy atom. The highest BCUT2D eigenvalue weighted by Gasteiger charge is 2.28. The summed E-state index contributed by atoms with van der Waals surface area (Å²) in [6, 6.07) is 5.92. The highest BCUT2D eigenvalue weighted by molar-refractivity contribution is 6.31. The molecule has 0 spiro atoms. The maximum atomic E-state index is 12.5. The Morgan fingerprint density at radius 3 is 2.21 bits per heavy atom. The van der Waals surface area contributed by atoms with Gasteiger partial charge in [-0.05, 0) is 52.8 Å². The van der Waals surface area contributed by atoms with Crippen LogP contribution in [0.15, 0.2) is 30.3 Å². The monoisotopic (exact) mass is 416 g/mol. The molecule has 0 radical (unpaired) electrons. The number of aromatic hydroxyl groups is 2. The average molecular weight is 417 g/mol. The van der Waals surface area contributed by atoms with Crippen LogP contribution in [0.3, 0.4) is 0 Å². The van der Waals surface area contributed by atoms with Crippen molar-refractivity contribution in [1.82, 2.24) is 0 Å². The Kier molecular flexibility index (Phi) is 6.43. The van der Waals surface area contributed by atoms with Crippen LogP contribution in [-0.2, 0) is 5.41 Å². The average Bonchev–Trinajstić information content (AvgIpc) is 2.58. The molecule has 0 aliphatic rings. The molecule has 0 unspecified atom stereocenters. The zero-order valence-corrected chi connectivity index (χ0v) is 17.8. The molecule has 3 N–H and O–H groups in total. The second kappa shape index (κ2) is 8.29. The van der Waals surface area contributed by atoms with Crippen LogP contribution >= 0.6 is 11.6 Å². The van der Waals surface area contributed by atoms with E-state index in [-0.39, 0.29) is 28.5 Å². The summed E-state index contributed by atoms with van der Waals surface area (Å²) in [6.45, 7) is 9.25. The van der Waals surface area contributed by atoms with E-state index in [9.17, 15) is 24.9 Å². The summed E-state index contributed by atoms with van der Waals surface area (Å²) in [4.78, 5) is 24.5. The molecular formula is C23H25ClO5. The molecule has 2 aromatic rings. The van der Waals surface area contributed by atoms with Gasteiger partial charge in [0.05, 0.1) is 5.56 Å². The van der Waals surface area contributed by atoms with Crippen LogP contribution < -0.4 is 0 Å². The lowest BCUT2D eigenvalue weighted by Crippen LogP contribution is -2.16. The van der Waals surface area contributed by atoms with Crippen LogP contribution in [0.5, 0.6) is 11.5 Å². The molecular weight excluding hydrogens is 392 g/mol. The second-order valence-corrected chi connectivity index (χ2v) is 8.66. The maximum Gasteiger partial charge on any atom is 0.339 e. The third kappa shape index (κ3) is 4.80. The van der Waals surface area contributed by atoms with E-state index in [1.807, 2.05) is 34.6 Å². The highest BCUT2D eigenvalue weighted by Crippen LogP contribution is 2.40. The van der Waals surface area contributed by atoms with Crippen molar-refractivity contribution in [3.63, 3.8) is 0 Å². The molecule has 0 saturated carbocycles. The van der Waals surface area contributed by atoms with E-state index >= 15 is 0 Å². The third-order valence-corrected chi connectivity index (χ3v) is 4.85. The van der Waals surface area contributed by atoms with E-state index in [4.69, 9.17) is 11.6 Å². The quantitative estimate of drug-likeness (QED) is 0.425. The van der Waals surface area contributed by atoms with Gasteiger partial charge in [0, 0.05) is 10.6 Å². The number of allylic oxidation sites excluding steroid dienone is 1. The summed E-state index contributed by atoms with van der Waals surface area (Å²) < 4.78 is 0. The van der Waals surface area contributed by atoms with Crippen molar-refractivity contribution in [2.45, 2.75) is 46.0 Å². The zero-order valence-electron chi connectivity index (χ0n) is 17.1. The topological polar surface area (TPSA) is 94.8 Å². The van der Waals surface area contributed by atoms with Gasteiger partial charge in [-0.3, -0.25) is 4.79 Å². The molecule has 0 saturated heterocycles. The van der Waals surface area contributed by atoms with E-state index in [1.165, 1.54) is 30.4 Å². The minimum atomic E-state index is -1.23. The predicted octanol–water partition coefficient (Wildman–Crippen LogP) is 5.77. The molecule has 2 rings (SSSR count). The van der Waals surface area contributed by atoms with E-state index in [0.717, 1.165) is 0 Å². The van der Waals surface area contributed by atoms with Gasteiger partial charge in [-0.2, -0.15) is 0 Å². The zero-order chi connectivity index (χ0) is 22.1. The van der Waals surface area contributed by atoms with Crippen molar-refractivity contribution in [3.8, 4) is 11.5 Å². The number of carbonyl (C=O) groups excluding carboxylic acids is 1. The smallest absolute Gasteiger partial charge is 0.339 e. The summed E-state index contributed by atoms with van der Waals surface area (Å²) in [5, 5.41) is 30.6. The van der Waals surface area contributed by atoms with Crippen molar-refractivity contribution in [2.75, 3.05) is 0 Å². The number of hydrogen-bond acceptors (Lipinski definition) is 4. The van der Waals surface area contributed by atoms with Crippen LogP contribution in [0, 0.1) is 0 Å². The van der Waals surface area contributed by atoms with Crippen molar-refractivity contribution < 1.29 is 24.9 Å². The van der Waals surface area contributed by atoms with Crippen molar-refractivity contribution in [2.24, 2.45) is 0 Å². The standard InChI is InChI=1S/C23H25ClO5/c1-12(2)19-13(6-9-17(25)15-8-7-14(24)11-18(15)26)10-16(23(3,4)5)21(27)20(19)22(28)29/h6-12,26-27H,1-5H3,(H,28,29). The number of carboxylic acids is 1. The Bertz CT molecular complexity index is 997. The Morgan fingerprint density at radius 1 is 1.10 bits per heavy atom. The van der Waals surface area contributed by atoms with E-state index < -0.39 is 17.2 Å². The first kappa shape index (κ1) is 22.5.